The maximum absolute atomic E-state index is 2.36. The van der Waals surface area contributed by atoms with Crippen LogP contribution in [0.5, 0.6) is 0 Å². The van der Waals surface area contributed by atoms with Crippen molar-refractivity contribution in [1.82, 2.24) is 0 Å². The third kappa shape index (κ3) is 2.38. The van der Waals surface area contributed by atoms with Gasteiger partial charge in [0, 0.05) is 0 Å². The van der Waals surface area contributed by atoms with Crippen molar-refractivity contribution in [3.63, 3.8) is 0 Å². The molecule has 0 aliphatic heterocycles. The van der Waals surface area contributed by atoms with Crippen LogP contribution in [0.25, 0.3) is 0 Å². The number of rotatable bonds is 2. The largest absolute Gasteiger partial charge is 0.0916 e. The molecule has 0 aromatic rings. The van der Waals surface area contributed by atoms with Crippen LogP contribution in [0.15, 0.2) is 24.3 Å². The maximum Gasteiger partial charge on any atom is -0.0199 e. The van der Waals surface area contributed by atoms with Gasteiger partial charge >= 0.3 is 0 Å². The molecule has 0 saturated carbocycles. The lowest BCUT2D eigenvalue weighted by atomic mass is 9.93. The third-order valence-corrected chi connectivity index (χ3v) is 2.03. The quantitative estimate of drug-likeness (QED) is 0.511. The van der Waals surface area contributed by atoms with E-state index in [1.807, 2.05) is 0 Å². The van der Waals surface area contributed by atoms with Crippen LogP contribution in [0.3, 0.4) is 0 Å². The molecule has 0 saturated heterocycles. The van der Waals surface area contributed by atoms with Crippen molar-refractivity contribution in [3.8, 4) is 0 Å². The number of allylic oxidation sites excluding steroid dienone is 4. The van der Waals surface area contributed by atoms with Gasteiger partial charge in [0.1, 0.15) is 0 Å². The normalized spacial score (nSPS) is 25.9. The minimum Gasteiger partial charge on any atom is -0.0916 e. The highest BCUT2D eigenvalue weighted by Crippen LogP contribution is 2.20. The first-order valence-electron chi connectivity index (χ1n) is 4.21. The van der Waals surface area contributed by atoms with Crippen LogP contribution in [0.1, 0.15) is 32.6 Å². The van der Waals surface area contributed by atoms with E-state index in [1.165, 1.54) is 25.7 Å². The van der Waals surface area contributed by atoms with Gasteiger partial charge < -0.3 is 0 Å². The second kappa shape index (κ2) is 4.32. The van der Waals surface area contributed by atoms with Crippen molar-refractivity contribution >= 4 is 0 Å². The summed E-state index contributed by atoms with van der Waals surface area (Å²) in [6.45, 7) is 2.09. The van der Waals surface area contributed by atoms with Crippen LogP contribution in [-0.4, -0.2) is 0 Å². The Hall–Kier alpha value is -0.520. The average Bonchev–Trinajstić information content (AvgIpc) is 2.03. The Kier molecular flexibility index (Phi) is 3.28. The van der Waals surface area contributed by atoms with Gasteiger partial charge in [0.05, 0.1) is 0 Å². The molecule has 0 spiro atoms. The van der Waals surface area contributed by atoms with Gasteiger partial charge in [-0.2, -0.15) is 0 Å². The SMILES string of the molecule is CC=CCC1C=CCCC1. The van der Waals surface area contributed by atoms with E-state index in [1.54, 1.807) is 0 Å². The van der Waals surface area contributed by atoms with E-state index in [4.69, 9.17) is 0 Å². The molecule has 10 heavy (non-hydrogen) atoms. The minimum atomic E-state index is 0.838. The lowest BCUT2D eigenvalue weighted by Gasteiger charge is -2.13. The van der Waals surface area contributed by atoms with Gasteiger partial charge in [0.25, 0.3) is 0 Å². The molecule has 1 aliphatic rings. The molecule has 56 valence electrons. The molecule has 0 fully saturated rings. The van der Waals surface area contributed by atoms with Crippen molar-refractivity contribution < 1.29 is 0 Å². The van der Waals surface area contributed by atoms with E-state index < -0.39 is 0 Å². The van der Waals surface area contributed by atoms with Gasteiger partial charge in [-0.25, -0.2) is 0 Å². The van der Waals surface area contributed by atoms with E-state index in [2.05, 4.69) is 31.2 Å². The molecule has 0 heteroatoms. The zero-order valence-corrected chi connectivity index (χ0v) is 6.72. The summed E-state index contributed by atoms with van der Waals surface area (Å²) in [5.74, 6) is 0.838. The summed E-state index contributed by atoms with van der Waals surface area (Å²) in [6, 6.07) is 0. The van der Waals surface area contributed by atoms with Gasteiger partial charge in [-0.1, -0.05) is 24.3 Å². The summed E-state index contributed by atoms with van der Waals surface area (Å²) < 4.78 is 0. The molecular formula is C10H16. The monoisotopic (exact) mass is 136 g/mol. The Morgan fingerprint density at radius 3 is 3.10 bits per heavy atom. The predicted octanol–water partition coefficient (Wildman–Crippen LogP) is 3.31. The van der Waals surface area contributed by atoms with Crippen LogP contribution < -0.4 is 0 Å². The topological polar surface area (TPSA) is 0 Å². The molecule has 0 heterocycles. The summed E-state index contributed by atoms with van der Waals surface area (Å²) in [6.07, 6.45) is 14.4. The predicted molar refractivity (Wildman–Crippen MR) is 45.9 cm³/mol. The minimum absolute atomic E-state index is 0.838. The van der Waals surface area contributed by atoms with Crippen LogP contribution >= 0.6 is 0 Å². The molecule has 0 radical (unpaired) electrons. The molecule has 1 unspecified atom stereocenters. The molecule has 1 aliphatic carbocycles. The van der Waals surface area contributed by atoms with E-state index in [9.17, 15) is 0 Å². The van der Waals surface area contributed by atoms with Crippen molar-refractivity contribution in [2.45, 2.75) is 32.6 Å². The van der Waals surface area contributed by atoms with Gasteiger partial charge in [0.2, 0.25) is 0 Å². The van der Waals surface area contributed by atoms with E-state index in [0.717, 1.165) is 5.92 Å². The standard InChI is InChI=1S/C10H16/c1-2-3-7-10-8-5-4-6-9-10/h2-3,5,8,10H,4,6-7,9H2,1H3. The second-order valence-corrected chi connectivity index (χ2v) is 2.92. The Labute approximate surface area is 63.6 Å². The van der Waals surface area contributed by atoms with Gasteiger partial charge in [0.15, 0.2) is 0 Å². The fraction of sp³-hybridized carbons (Fsp3) is 0.600. The molecule has 1 rings (SSSR count). The van der Waals surface area contributed by atoms with Crippen LogP contribution in [-0.2, 0) is 0 Å². The molecule has 0 bridgehead atoms. The second-order valence-electron chi connectivity index (χ2n) is 2.92. The molecular weight excluding hydrogens is 120 g/mol. The average molecular weight is 136 g/mol. The molecule has 0 amide bonds. The number of hydrogen-bond donors (Lipinski definition) is 0. The fourth-order valence-corrected chi connectivity index (χ4v) is 1.39. The Balaban J connectivity index is 2.26. The Morgan fingerprint density at radius 2 is 2.50 bits per heavy atom. The summed E-state index contributed by atoms with van der Waals surface area (Å²) in [5, 5.41) is 0. The zero-order valence-electron chi connectivity index (χ0n) is 6.72. The highest BCUT2D eigenvalue weighted by atomic mass is 14.1. The fourth-order valence-electron chi connectivity index (χ4n) is 1.39. The van der Waals surface area contributed by atoms with Crippen molar-refractivity contribution in [2.75, 3.05) is 0 Å². The lowest BCUT2D eigenvalue weighted by Crippen LogP contribution is -1.98. The molecule has 0 aromatic carbocycles. The van der Waals surface area contributed by atoms with Crippen LogP contribution in [0.4, 0.5) is 0 Å². The molecule has 0 aromatic heterocycles. The summed E-state index contributed by atoms with van der Waals surface area (Å²) >= 11 is 0. The van der Waals surface area contributed by atoms with Crippen LogP contribution in [0, 0.1) is 5.92 Å². The van der Waals surface area contributed by atoms with Crippen molar-refractivity contribution in [2.24, 2.45) is 5.92 Å². The third-order valence-electron chi connectivity index (χ3n) is 2.03. The summed E-state index contributed by atoms with van der Waals surface area (Å²) in [7, 11) is 0. The lowest BCUT2D eigenvalue weighted by molar-refractivity contribution is 0.547. The summed E-state index contributed by atoms with van der Waals surface area (Å²) in [4.78, 5) is 0. The Morgan fingerprint density at radius 1 is 1.60 bits per heavy atom. The summed E-state index contributed by atoms with van der Waals surface area (Å²) in [5.41, 5.74) is 0. The first kappa shape index (κ1) is 7.59. The van der Waals surface area contributed by atoms with Crippen LogP contribution in [0.2, 0.25) is 0 Å². The van der Waals surface area contributed by atoms with Gasteiger partial charge in [-0.3, -0.25) is 0 Å². The molecule has 0 N–H and O–H groups in total. The van der Waals surface area contributed by atoms with Crippen molar-refractivity contribution in [3.05, 3.63) is 24.3 Å². The zero-order chi connectivity index (χ0) is 7.23. The maximum atomic E-state index is 2.36. The highest BCUT2D eigenvalue weighted by Gasteiger charge is 2.04. The number of hydrogen-bond acceptors (Lipinski definition) is 0. The van der Waals surface area contributed by atoms with E-state index in [0.29, 0.717) is 0 Å². The molecule has 0 nitrogen and oxygen atoms in total. The highest BCUT2D eigenvalue weighted by molar-refractivity contribution is 4.96. The van der Waals surface area contributed by atoms with Crippen molar-refractivity contribution in [1.29, 1.82) is 0 Å². The first-order valence-corrected chi connectivity index (χ1v) is 4.21. The Bertz CT molecular complexity index is 131. The van der Waals surface area contributed by atoms with Gasteiger partial charge in [-0.05, 0) is 38.5 Å². The van der Waals surface area contributed by atoms with E-state index in [-0.39, 0.29) is 0 Å². The van der Waals surface area contributed by atoms with E-state index >= 15 is 0 Å². The van der Waals surface area contributed by atoms with Gasteiger partial charge in [-0.15, -0.1) is 0 Å². The first-order chi connectivity index (χ1) is 4.93. The molecule has 1 atom stereocenters. The smallest absolute Gasteiger partial charge is 0.0199 e.